The topological polar surface area (TPSA) is 95.1 Å². The van der Waals surface area contributed by atoms with Crippen molar-refractivity contribution in [3.63, 3.8) is 0 Å². The summed E-state index contributed by atoms with van der Waals surface area (Å²) in [5, 5.41) is 0.477. The van der Waals surface area contributed by atoms with E-state index in [2.05, 4.69) is 10.9 Å². The zero-order valence-electron chi connectivity index (χ0n) is 15.9. The molecule has 2 aromatic rings. The molecule has 28 heavy (non-hydrogen) atoms. The molecule has 0 bridgehead atoms. The van der Waals surface area contributed by atoms with E-state index in [9.17, 15) is 9.59 Å². The van der Waals surface area contributed by atoms with Crippen molar-refractivity contribution >= 4 is 23.4 Å². The summed E-state index contributed by atoms with van der Waals surface area (Å²) >= 11 is 5.96. The van der Waals surface area contributed by atoms with Gasteiger partial charge in [-0.2, -0.15) is 0 Å². The summed E-state index contributed by atoms with van der Waals surface area (Å²) in [6.45, 7) is 0. The van der Waals surface area contributed by atoms with Crippen molar-refractivity contribution in [1.29, 1.82) is 0 Å². The number of methoxy groups -OCH3 is 4. The number of hydrogen-bond donors (Lipinski definition) is 2. The van der Waals surface area contributed by atoms with Crippen LogP contribution in [-0.2, 0) is 11.2 Å². The van der Waals surface area contributed by atoms with Crippen LogP contribution in [0.4, 0.5) is 0 Å². The Morgan fingerprint density at radius 1 is 0.857 bits per heavy atom. The van der Waals surface area contributed by atoms with Gasteiger partial charge in [0.25, 0.3) is 5.91 Å². The molecule has 0 spiro atoms. The molecular formula is C19H21ClN2O6. The van der Waals surface area contributed by atoms with Crippen LogP contribution in [0.5, 0.6) is 23.0 Å². The van der Waals surface area contributed by atoms with Crippen molar-refractivity contribution in [3.8, 4) is 23.0 Å². The Balaban J connectivity index is 2.08. The lowest BCUT2D eigenvalue weighted by Gasteiger charge is -2.14. The summed E-state index contributed by atoms with van der Waals surface area (Å²) in [7, 11) is 5.85. The minimum Gasteiger partial charge on any atom is -0.496 e. The van der Waals surface area contributed by atoms with Crippen molar-refractivity contribution in [2.75, 3.05) is 28.4 Å². The second kappa shape index (κ2) is 9.70. The summed E-state index contributed by atoms with van der Waals surface area (Å²) in [4.78, 5) is 24.6. The number of carbonyl (C=O) groups is 2. The second-order valence-electron chi connectivity index (χ2n) is 5.55. The highest BCUT2D eigenvalue weighted by molar-refractivity contribution is 6.30. The summed E-state index contributed by atoms with van der Waals surface area (Å²) in [5.74, 6) is 0.533. The van der Waals surface area contributed by atoms with E-state index in [1.54, 1.807) is 18.2 Å². The minimum absolute atomic E-state index is 0.0285. The van der Waals surface area contributed by atoms with Crippen LogP contribution in [0.2, 0.25) is 5.02 Å². The van der Waals surface area contributed by atoms with Gasteiger partial charge in [0.15, 0.2) is 11.5 Å². The third kappa shape index (κ3) is 4.98. The number of hydrogen-bond acceptors (Lipinski definition) is 6. The number of halogens is 1. The second-order valence-corrected chi connectivity index (χ2v) is 5.99. The van der Waals surface area contributed by atoms with Gasteiger partial charge in [-0.15, -0.1) is 0 Å². The van der Waals surface area contributed by atoms with E-state index >= 15 is 0 Å². The largest absolute Gasteiger partial charge is 0.496 e. The predicted molar refractivity (Wildman–Crippen MR) is 103 cm³/mol. The molecule has 2 rings (SSSR count). The number of hydrazine groups is 1. The Morgan fingerprint density at radius 3 is 2.00 bits per heavy atom. The van der Waals surface area contributed by atoms with E-state index in [-0.39, 0.29) is 12.0 Å². The molecule has 2 N–H and O–H groups in total. The first-order valence-corrected chi connectivity index (χ1v) is 8.52. The Labute approximate surface area is 167 Å². The van der Waals surface area contributed by atoms with Crippen LogP contribution in [0.15, 0.2) is 30.3 Å². The molecule has 0 aliphatic carbocycles. The summed E-state index contributed by atoms with van der Waals surface area (Å²) in [5.41, 5.74) is 5.51. The Bertz CT molecular complexity index is 846. The molecule has 0 saturated carbocycles. The van der Waals surface area contributed by atoms with Crippen molar-refractivity contribution in [3.05, 3.63) is 46.5 Å². The third-order valence-corrected chi connectivity index (χ3v) is 4.07. The van der Waals surface area contributed by atoms with Crippen molar-refractivity contribution < 1.29 is 28.5 Å². The lowest BCUT2D eigenvalue weighted by molar-refractivity contribution is -0.121. The van der Waals surface area contributed by atoms with E-state index in [0.29, 0.717) is 33.6 Å². The fourth-order valence-electron chi connectivity index (χ4n) is 2.51. The van der Waals surface area contributed by atoms with E-state index < -0.39 is 11.8 Å². The molecule has 8 nitrogen and oxygen atoms in total. The van der Waals surface area contributed by atoms with Gasteiger partial charge >= 0.3 is 0 Å². The summed E-state index contributed by atoms with van der Waals surface area (Å²) < 4.78 is 20.8. The fraction of sp³-hybridized carbons (Fsp3) is 0.263. The van der Waals surface area contributed by atoms with Gasteiger partial charge in [-0.25, -0.2) is 0 Å². The molecular weight excluding hydrogens is 388 g/mol. The van der Waals surface area contributed by atoms with E-state index in [1.807, 2.05) is 0 Å². The Morgan fingerprint density at radius 2 is 1.46 bits per heavy atom. The molecule has 0 saturated heterocycles. The van der Waals surface area contributed by atoms with Gasteiger partial charge in [0.05, 0.1) is 34.9 Å². The zero-order chi connectivity index (χ0) is 20.7. The Kier molecular flexibility index (Phi) is 7.34. The van der Waals surface area contributed by atoms with Crippen LogP contribution < -0.4 is 29.8 Å². The van der Waals surface area contributed by atoms with E-state index in [1.165, 1.54) is 40.6 Å². The molecule has 2 amide bonds. The van der Waals surface area contributed by atoms with Crippen LogP contribution in [0.1, 0.15) is 15.9 Å². The summed E-state index contributed by atoms with van der Waals surface area (Å²) in [6, 6.07) is 7.90. The Hall–Kier alpha value is -3.13. The molecule has 0 aliphatic heterocycles. The lowest BCUT2D eigenvalue weighted by Crippen LogP contribution is -2.42. The average molecular weight is 409 g/mol. The van der Waals surface area contributed by atoms with Crippen LogP contribution in [0.3, 0.4) is 0 Å². The molecule has 0 unspecified atom stereocenters. The van der Waals surface area contributed by atoms with Crippen LogP contribution in [-0.4, -0.2) is 40.3 Å². The lowest BCUT2D eigenvalue weighted by atomic mass is 10.1. The van der Waals surface area contributed by atoms with Crippen molar-refractivity contribution in [2.45, 2.75) is 6.42 Å². The molecule has 2 aromatic carbocycles. The highest BCUT2D eigenvalue weighted by atomic mass is 35.5. The number of nitrogens with one attached hydrogen (secondary N) is 2. The third-order valence-electron chi connectivity index (χ3n) is 3.84. The van der Waals surface area contributed by atoms with Gasteiger partial charge in [-0.1, -0.05) is 11.6 Å². The van der Waals surface area contributed by atoms with E-state index in [4.69, 9.17) is 30.5 Å². The molecule has 0 fully saturated rings. The average Bonchev–Trinajstić information content (AvgIpc) is 2.70. The standard InChI is InChI=1S/C19H21ClN2O6/c1-25-14-6-5-13(20)7-11(14)10-17(23)21-22-19(24)12-8-15(26-2)18(28-4)16(9-12)27-3/h5-9H,10H2,1-4H3,(H,21,23)(H,22,24). The first-order valence-electron chi connectivity index (χ1n) is 8.15. The molecule has 0 radical (unpaired) electrons. The molecule has 150 valence electrons. The van der Waals surface area contributed by atoms with Crippen LogP contribution in [0.25, 0.3) is 0 Å². The molecule has 0 heterocycles. The van der Waals surface area contributed by atoms with Gasteiger partial charge in [-0.05, 0) is 30.3 Å². The fourth-order valence-corrected chi connectivity index (χ4v) is 2.71. The van der Waals surface area contributed by atoms with E-state index in [0.717, 1.165) is 0 Å². The number of rotatable bonds is 7. The minimum atomic E-state index is -0.550. The summed E-state index contributed by atoms with van der Waals surface area (Å²) in [6.07, 6.45) is -0.0285. The molecule has 0 atom stereocenters. The van der Waals surface area contributed by atoms with Crippen LogP contribution >= 0.6 is 11.6 Å². The van der Waals surface area contributed by atoms with Crippen LogP contribution in [0, 0.1) is 0 Å². The number of ether oxygens (including phenoxy) is 4. The predicted octanol–water partition coefficient (Wildman–Crippen LogP) is 2.38. The molecule has 9 heteroatoms. The SMILES string of the molecule is COc1ccc(Cl)cc1CC(=O)NNC(=O)c1cc(OC)c(OC)c(OC)c1. The maximum Gasteiger partial charge on any atom is 0.269 e. The number of amides is 2. The van der Waals surface area contributed by atoms with Gasteiger partial charge in [-0.3, -0.25) is 20.4 Å². The quantitative estimate of drug-likeness (QED) is 0.683. The molecule has 0 aliphatic rings. The normalized spacial score (nSPS) is 10.0. The van der Waals surface area contributed by atoms with Gasteiger partial charge in [0, 0.05) is 16.1 Å². The highest BCUT2D eigenvalue weighted by Gasteiger charge is 2.17. The maximum absolute atomic E-state index is 12.4. The van der Waals surface area contributed by atoms with Gasteiger partial charge < -0.3 is 18.9 Å². The molecule has 0 aromatic heterocycles. The smallest absolute Gasteiger partial charge is 0.269 e. The first kappa shape index (κ1) is 21.2. The monoisotopic (exact) mass is 408 g/mol. The maximum atomic E-state index is 12.4. The van der Waals surface area contributed by atoms with Gasteiger partial charge in [0.1, 0.15) is 5.75 Å². The highest BCUT2D eigenvalue weighted by Crippen LogP contribution is 2.38. The zero-order valence-corrected chi connectivity index (χ0v) is 16.7. The number of benzene rings is 2. The number of carbonyl (C=O) groups excluding carboxylic acids is 2. The van der Waals surface area contributed by atoms with Crippen molar-refractivity contribution in [1.82, 2.24) is 10.9 Å². The first-order chi connectivity index (χ1) is 13.4. The van der Waals surface area contributed by atoms with Gasteiger partial charge in [0.2, 0.25) is 11.7 Å². The van der Waals surface area contributed by atoms with Crippen molar-refractivity contribution in [2.24, 2.45) is 0 Å².